The lowest BCUT2D eigenvalue weighted by Gasteiger charge is -2.12. The predicted molar refractivity (Wildman–Crippen MR) is 108 cm³/mol. The van der Waals surface area contributed by atoms with E-state index in [1.165, 1.54) is 19.4 Å². The van der Waals surface area contributed by atoms with Crippen molar-refractivity contribution >= 4 is 34.8 Å². The number of rotatable bonds is 6. The number of anilines is 3. The normalized spacial score (nSPS) is 11.4. The third-order valence-electron chi connectivity index (χ3n) is 4.19. The van der Waals surface area contributed by atoms with Crippen LogP contribution in [-0.2, 0) is 9.59 Å². The van der Waals surface area contributed by atoms with Gasteiger partial charge in [0.25, 0.3) is 5.91 Å². The second kappa shape index (κ2) is 8.98. The number of amides is 3. The van der Waals surface area contributed by atoms with Crippen molar-refractivity contribution in [3.63, 3.8) is 0 Å². The quantitative estimate of drug-likeness (QED) is 0.708. The van der Waals surface area contributed by atoms with Gasteiger partial charge in [-0.2, -0.15) is 0 Å². The van der Waals surface area contributed by atoms with Crippen molar-refractivity contribution in [3.8, 4) is 0 Å². The second-order valence-electron chi connectivity index (χ2n) is 6.55. The molecule has 0 spiro atoms. The molecule has 6 heteroatoms. The highest BCUT2D eigenvalue weighted by Gasteiger charge is 2.11. The van der Waals surface area contributed by atoms with Crippen LogP contribution in [0.2, 0.25) is 0 Å². The molecule has 142 valence electrons. The van der Waals surface area contributed by atoms with Crippen LogP contribution in [0, 0.1) is 0 Å². The number of nitrogens with one attached hydrogen (secondary N) is 3. The van der Waals surface area contributed by atoms with Crippen molar-refractivity contribution in [1.29, 1.82) is 0 Å². The highest BCUT2D eigenvalue weighted by Crippen LogP contribution is 2.23. The Labute approximate surface area is 159 Å². The Bertz CT molecular complexity index is 810. The van der Waals surface area contributed by atoms with E-state index < -0.39 is 0 Å². The minimum absolute atomic E-state index is 0.262. The van der Waals surface area contributed by atoms with Gasteiger partial charge < -0.3 is 16.0 Å². The molecule has 0 saturated heterocycles. The molecule has 0 aromatic heterocycles. The Kier molecular flexibility index (Phi) is 6.71. The second-order valence-corrected chi connectivity index (χ2v) is 6.55. The lowest BCUT2D eigenvalue weighted by molar-refractivity contribution is -0.115. The summed E-state index contributed by atoms with van der Waals surface area (Å²) in [6.07, 6.45) is 1.05. The van der Waals surface area contributed by atoms with Gasteiger partial charge in [0.05, 0.1) is 0 Å². The van der Waals surface area contributed by atoms with Crippen LogP contribution in [0.5, 0.6) is 0 Å². The molecule has 27 heavy (non-hydrogen) atoms. The average molecular weight is 367 g/mol. The zero-order valence-corrected chi connectivity index (χ0v) is 16.1. The number of hydrogen-bond donors (Lipinski definition) is 3. The summed E-state index contributed by atoms with van der Waals surface area (Å²) in [6, 6.07) is 12.5. The lowest BCUT2D eigenvalue weighted by Crippen LogP contribution is -2.15. The van der Waals surface area contributed by atoms with Gasteiger partial charge in [0.15, 0.2) is 0 Å². The first kappa shape index (κ1) is 20.2. The Hall–Kier alpha value is -3.15. The van der Waals surface area contributed by atoms with Crippen molar-refractivity contribution < 1.29 is 14.4 Å². The van der Waals surface area contributed by atoms with Gasteiger partial charge in [-0.1, -0.05) is 26.0 Å². The molecule has 1 unspecified atom stereocenters. The van der Waals surface area contributed by atoms with Crippen molar-refractivity contribution in [2.75, 3.05) is 16.0 Å². The topological polar surface area (TPSA) is 87.3 Å². The minimum atomic E-state index is -0.329. The maximum Gasteiger partial charge on any atom is 0.255 e. The molecule has 3 amide bonds. The molecule has 0 bridgehead atoms. The van der Waals surface area contributed by atoms with Gasteiger partial charge in [-0.05, 0) is 48.2 Å². The van der Waals surface area contributed by atoms with Crippen LogP contribution in [0.15, 0.2) is 42.5 Å². The van der Waals surface area contributed by atoms with Gasteiger partial charge in [0, 0.05) is 36.5 Å². The van der Waals surface area contributed by atoms with Crippen molar-refractivity contribution in [3.05, 3.63) is 53.6 Å². The van der Waals surface area contributed by atoms with E-state index in [0.717, 1.165) is 6.42 Å². The Morgan fingerprint density at radius 3 is 1.78 bits per heavy atom. The molecule has 2 rings (SSSR count). The summed E-state index contributed by atoms with van der Waals surface area (Å²) in [6.45, 7) is 7.05. The van der Waals surface area contributed by atoms with E-state index in [4.69, 9.17) is 0 Å². The fourth-order valence-corrected chi connectivity index (χ4v) is 2.64. The molecule has 0 fully saturated rings. The first-order valence-electron chi connectivity index (χ1n) is 8.90. The van der Waals surface area contributed by atoms with E-state index in [9.17, 15) is 14.4 Å². The van der Waals surface area contributed by atoms with Crippen LogP contribution >= 0.6 is 0 Å². The number of carbonyl (C=O) groups excluding carboxylic acids is 3. The molecular weight excluding hydrogens is 342 g/mol. The molecule has 0 aliphatic rings. The summed E-state index contributed by atoms with van der Waals surface area (Å²) < 4.78 is 0. The molecule has 0 heterocycles. The maximum atomic E-state index is 12.6. The van der Waals surface area contributed by atoms with Crippen LogP contribution in [0.1, 0.15) is 56.0 Å². The van der Waals surface area contributed by atoms with E-state index >= 15 is 0 Å². The van der Waals surface area contributed by atoms with Crippen molar-refractivity contribution in [2.45, 2.75) is 40.0 Å². The third-order valence-corrected chi connectivity index (χ3v) is 4.19. The van der Waals surface area contributed by atoms with Crippen LogP contribution in [0.3, 0.4) is 0 Å². The van der Waals surface area contributed by atoms with E-state index in [2.05, 4.69) is 29.8 Å². The molecule has 2 aromatic carbocycles. The van der Waals surface area contributed by atoms with E-state index in [1.807, 2.05) is 24.3 Å². The van der Waals surface area contributed by atoms with Crippen LogP contribution in [0.4, 0.5) is 17.1 Å². The predicted octanol–water partition coefficient (Wildman–Crippen LogP) is 4.37. The third kappa shape index (κ3) is 5.95. The first-order chi connectivity index (χ1) is 12.8. The zero-order valence-electron chi connectivity index (χ0n) is 16.1. The maximum absolute atomic E-state index is 12.6. The smallest absolute Gasteiger partial charge is 0.255 e. The summed E-state index contributed by atoms with van der Waals surface area (Å²) >= 11 is 0. The van der Waals surface area contributed by atoms with Crippen molar-refractivity contribution in [2.24, 2.45) is 0 Å². The Morgan fingerprint density at radius 2 is 1.33 bits per heavy atom. The van der Waals surface area contributed by atoms with Crippen LogP contribution in [0.25, 0.3) is 0 Å². The molecular formula is C21H25N3O3. The molecule has 2 aromatic rings. The lowest BCUT2D eigenvalue weighted by atomic mass is 9.98. The molecule has 1 atom stereocenters. The van der Waals surface area contributed by atoms with E-state index in [1.54, 1.807) is 18.2 Å². The van der Waals surface area contributed by atoms with Gasteiger partial charge in [0.1, 0.15) is 0 Å². The average Bonchev–Trinajstić information content (AvgIpc) is 2.60. The monoisotopic (exact) mass is 367 g/mol. The molecule has 6 nitrogen and oxygen atoms in total. The van der Waals surface area contributed by atoms with Gasteiger partial charge in [-0.15, -0.1) is 0 Å². The summed E-state index contributed by atoms with van der Waals surface area (Å²) in [5.41, 5.74) is 3.10. The Balaban J connectivity index is 2.23. The summed E-state index contributed by atoms with van der Waals surface area (Å²) in [7, 11) is 0. The Morgan fingerprint density at radius 1 is 0.815 bits per heavy atom. The number of hydrogen-bond acceptors (Lipinski definition) is 3. The number of carbonyl (C=O) groups is 3. The molecule has 0 aliphatic carbocycles. The fourth-order valence-electron chi connectivity index (χ4n) is 2.64. The van der Waals surface area contributed by atoms with Gasteiger partial charge in [-0.3, -0.25) is 14.4 Å². The molecule has 0 radical (unpaired) electrons. The highest BCUT2D eigenvalue weighted by molar-refractivity contribution is 6.06. The molecule has 0 aliphatic heterocycles. The SMILES string of the molecule is CCC(C)c1ccc(NC(=O)c2cc(NC(C)=O)cc(NC(C)=O)c2)cc1. The molecule has 3 N–H and O–H groups in total. The van der Waals surface area contributed by atoms with Gasteiger partial charge in [-0.25, -0.2) is 0 Å². The summed E-state index contributed by atoms with van der Waals surface area (Å²) in [4.78, 5) is 35.3. The fraction of sp³-hybridized carbons (Fsp3) is 0.286. The van der Waals surface area contributed by atoms with E-state index in [-0.39, 0.29) is 17.7 Å². The highest BCUT2D eigenvalue weighted by atomic mass is 16.2. The zero-order chi connectivity index (χ0) is 20.0. The van der Waals surface area contributed by atoms with Gasteiger partial charge in [0.2, 0.25) is 11.8 Å². The minimum Gasteiger partial charge on any atom is -0.326 e. The standard InChI is InChI=1S/C21H25N3O3/c1-5-13(2)16-6-8-18(9-7-16)24-21(27)17-10-19(22-14(3)25)12-20(11-17)23-15(4)26/h6-13H,5H2,1-4H3,(H,22,25)(H,23,26)(H,24,27). The van der Waals surface area contributed by atoms with Crippen molar-refractivity contribution in [1.82, 2.24) is 0 Å². The van der Waals surface area contributed by atoms with Crippen LogP contribution < -0.4 is 16.0 Å². The van der Waals surface area contributed by atoms with Gasteiger partial charge >= 0.3 is 0 Å². The molecule has 0 saturated carbocycles. The largest absolute Gasteiger partial charge is 0.326 e. The number of benzene rings is 2. The van der Waals surface area contributed by atoms with Crippen LogP contribution in [-0.4, -0.2) is 17.7 Å². The first-order valence-corrected chi connectivity index (χ1v) is 8.90. The summed E-state index contributed by atoms with van der Waals surface area (Å²) in [5.74, 6) is -0.390. The summed E-state index contributed by atoms with van der Waals surface area (Å²) in [5, 5.41) is 8.11. The van der Waals surface area contributed by atoms with E-state index in [0.29, 0.717) is 28.5 Å².